The maximum Gasteiger partial charge on any atom is 0.272 e. The molecule has 2 aromatic rings. The van der Waals surface area contributed by atoms with E-state index in [0.29, 0.717) is 5.02 Å². The summed E-state index contributed by atoms with van der Waals surface area (Å²) in [6.45, 7) is 0. The van der Waals surface area contributed by atoms with Crippen molar-refractivity contribution in [2.24, 2.45) is 0 Å². The standard InChI is InChI=1S/C16H16ClN3O/c17-12-8-9-14(18)20-15(12)16(21)19-13-7-3-5-10-4-1-2-6-11(10)13/h1-2,4,6,8-9,13H,3,5,7H2,(H2,18,20)(H,19,21). The highest BCUT2D eigenvalue weighted by Gasteiger charge is 2.23. The number of carbonyl (C=O) groups is 1. The smallest absolute Gasteiger partial charge is 0.272 e. The Bertz CT molecular complexity index is 687. The fourth-order valence-corrected chi connectivity index (χ4v) is 2.94. The van der Waals surface area contributed by atoms with Gasteiger partial charge < -0.3 is 11.1 Å². The van der Waals surface area contributed by atoms with Crippen molar-refractivity contribution in [2.75, 3.05) is 5.73 Å². The largest absolute Gasteiger partial charge is 0.384 e. The van der Waals surface area contributed by atoms with E-state index < -0.39 is 0 Å². The summed E-state index contributed by atoms with van der Waals surface area (Å²) in [5, 5.41) is 3.33. The van der Waals surface area contributed by atoms with Crippen LogP contribution in [0.15, 0.2) is 36.4 Å². The van der Waals surface area contributed by atoms with Crippen LogP contribution >= 0.6 is 11.6 Å². The van der Waals surface area contributed by atoms with Gasteiger partial charge in [-0.1, -0.05) is 35.9 Å². The van der Waals surface area contributed by atoms with E-state index in [2.05, 4.69) is 22.4 Å². The van der Waals surface area contributed by atoms with Gasteiger partial charge in [0.2, 0.25) is 0 Å². The minimum Gasteiger partial charge on any atom is -0.384 e. The van der Waals surface area contributed by atoms with Crippen molar-refractivity contribution >= 4 is 23.3 Å². The Morgan fingerprint density at radius 1 is 1.29 bits per heavy atom. The Balaban J connectivity index is 1.84. The first-order valence-electron chi connectivity index (χ1n) is 6.96. The average molecular weight is 302 g/mol. The Labute approximate surface area is 128 Å². The molecule has 1 atom stereocenters. The summed E-state index contributed by atoms with van der Waals surface area (Å²) in [7, 11) is 0. The molecule has 1 aliphatic rings. The molecule has 1 heterocycles. The van der Waals surface area contributed by atoms with Crippen LogP contribution in [0, 0.1) is 0 Å². The van der Waals surface area contributed by atoms with Crippen LogP contribution in [0.2, 0.25) is 5.02 Å². The predicted molar refractivity (Wildman–Crippen MR) is 83.2 cm³/mol. The van der Waals surface area contributed by atoms with E-state index in [-0.39, 0.29) is 23.5 Å². The van der Waals surface area contributed by atoms with Crippen molar-refractivity contribution in [3.05, 3.63) is 58.2 Å². The van der Waals surface area contributed by atoms with Crippen molar-refractivity contribution in [1.82, 2.24) is 10.3 Å². The fraction of sp³-hybridized carbons (Fsp3) is 0.250. The van der Waals surface area contributed by atoms with E-state index >= 15 is 0 Å². The van der Waals surface area contributed by atoms with Gasteiger partial charge in [-0.15, -0.1) is 0 Å². The summed E-state index contributed by atoms with van der Waals surface area (Å²) in [5.74, 6) is 0.00240. The average Bonchev–Trinajstić information content (AvgIpc) is 2.50. The number of anilines is 1. The van der Waals surface area contributed by atoms with Gasteiger partial charge >= 0.3 is 0 Å². The van der Waals surface area contributed by atoms with Crippen LogP contribution in [0.3, 0.4) is 0 Å². The molecule has 21 heavy (non-hydrogen) atoms. The summed E-state index contributed by atoms with van der Waals surface area (Å²) in [5.41, 5.74) is 8.28. The molecule has 3 rings (SSSR count). The van der Waals surface area contributed by atoms with Gasteiger partial charge in [0, 0.05) is 0 Å². The van der Waals surface area contributed by atoms with Crippen molar-refractivity contribution in [2.45, 2.75) is 25.3 Å². The Morgan fingerprint density at radius 3 is 2.95 bits per heavy atom. The molecular weight excluding hydrogens is 286 g/mol. The minimum absolute atomic E-state index is 0.00162. The van der Waals surface area contributed by atoms with Crippen molar-refractivity contribution in [1.29, 1.82) is 0 Å². The lowest BCUT2D eigenvalue weighted by atomic mass is 9.87. The molecule has 0 saturated heterocycles. The highest BCUT2D eigenvalue weighted by molar-refractivity contribution is 6.33. The van der Waals surface area contributed by atoms with E-state index in [4.69, 9.17) is 17.3 Å². The van der Waals surface area contributed by atoms with Crippen molar-refractivity contribution in [3.63, 3.8) is 0 Å². The van der Waals surface area contributed by atoms with Gasteiger partial charge in [-0.2, -0.15) is 0 Å². The van der Waals surface area contributed by atoms with Crippen LogP contribution in [0.4, 0.5) is 5.82 Å². The van der Waals surface area contributed by atoms with Gasteiger partial charge in [0.05, 0.1) is 11.1 Å². The zero-order valence-electron chi connectivity index (χ0n) is 11.5. The lowest BCUT2D eigenvalue weighted by Gasteiger charge is -2.26. The SMILES string of the molecule is Nc1ccc(Cl)c(C(=O)NC2CCCc3ccccc32)n1. The predicted octanol–water partition coefficient (Wildman–Crippen LogP) is 3.12. The molecule has 108 valence electrons. The number of hydrogen-bond donors (Lipinski definition) is 2. The Hall–Kier alpha value is -2.07. The first kappa shape index (κ1) is 13.9. The van der Waals surface area contributed by atoms with Crippen LogP contribution in [-0.4, -0.2) is 10.9 Å². The molecule has 1 unspecified atom stereocenters. The number of hydrogen-bond acceptors (Lipinski definition) is 3. The number of nitrogens with one attached hydrogen (secondary N) is 1. The maximum atomic E-state index is 12.4. The van der Waals surface area contributed by atoms with E-state index in [1.165, 1.54) is 11.1 Å². The molecule has 1 amide bonds. The van der Waals surface area contributed by atoms with Crippen LogP contribution in [-0.2, 0) is 6.42 Å². The zero-order valence-corrected chi connectivity index (χ0v) is 12.2. The number of nitrogen functional groups attached to an aromatic ring is 1. The van der Waals surface area contributed by atoms with E-state index in [1.807, 2.05) is 12.1 Å². The van der Waals surface area contributed by atoms with Crippen LogP contribution < -0.4 is 11.1 Å². The fourth-order valence-electron chi connectivity index (χ4n) is 2.75. The van der Waals surface area contributed by atoms with Gasteiger partial charge in [0.1, 0.15) is 11.5 Å². The van der Waals surface area contributed by atoms with Crippen molar-refractivity contribution in [3.8, 4) is 0 Å². The number of carbonyl (C=O) groups excluding carboxylic acids is 1. The first-order valence-corrected chi connectivity index (χ1v) is 7.33. The number of amides is 1. The van der Waals surface area contributed by atoms with Crippen LogP contribution in [0.1, 0.15) is 40.5 Å². The van der Waals surface area contributed by atoms with Gasteiger partial charge in [0.25, 0.3) is 5.91 Å². The van der Waals surface area contributed by atoms with Crippen LogP contribution in [0.5, 0.6) is 0 Å². The molecule has 4 nitrogen and oxygen atoms in total. The molecule has 0 bridgehead atoms. The molecule has 3 N–H and O–H groups in total. The van der Waals surface area contributed by atoms with Gasteiger partial charge in [-0.3, -0.25) is 4.79 Å². The number of rotatable bonds is 2. The second kappa shape index (κ2) is 5.74. The number of nitrogens with two attached hydrogens (primary N) is 1. The number of pyridine rings is 1. The third-order valence-electron chi connectivity index (χ3n) is 3.76. The summed E-state index contributed by atoms with van der Waals surface area (Å²) >= 11 is 6.03. The summed E-state index contributed by atoms with van der Waals surface area (Å²) in [6, 6.07) is 11.4. The number of halogens is 1. The number of fused-ring (bicyclic) bond motifs is 1. The van der Waals surface area contributed by atoms with Gasteiger partial charge in [-0.25, -0.2) is 4.98 Å². The molecular formula is C16H16ClN3O. The van der Waals surface area contributed by atoms with Gasteiger partial charge in [-0.05, 0) is 42.5 Å². The molecule has 0 saturated carbocycles. The normalized spacial score (nSPS) is 17.1. The lowest BCUT2D eigenvalue weighted by Crippen LogP contribution is -2.31. The number of aromatic nitrogens is 1. The second-order valence-electron chi connectivity index (χ2n) is 5.18. The summed E-state index contributed by atoms with van der Waals surface area (Å²) < 4.78 is 0. The summed E-state index contributed by atoms with van der Waals surface area (Å²) in [4.78, 5) is 16.4. The van der Waals surface area contributed by atoms with Gasteiger partial charge in [0.15, 0.2) is 0 Å². The molecule has 1 aliphatic carbocycles. The first-order chi connectivity index (χ1) is 10.1. The molecule has 0 aliphatic heterocycles. The number of nitrogens with zero attached hydrogens (tertiary/aromatic N) is 1. The number of aryl methyl sites for hydroxylation is 1. The summed E-state index contributed by atoms with van der Waals surface area (Å²) in [6.07, 6.45) is 3.03. The van der Waals surface area contributed by atoms with E-state index in [1.54, 1.807) is 12.1 Å². The van der Waals surface area contributed by atoms with E-state index in [9.17, 15) is 4.79 Å². The monoisotopic (exact) mass is 301 g/mol. The highest BCUT2D eigenvalue weighted by atomic mass is 35.5. The Morgan fingerprint density at radius 2 is 2.10 bits per heavy atom. The maximum absolute atomic E-state index is 12.4. The Kier molecular flexibility index (Phi) is 3.80. The second-order valence-corrected chi connectivity index (χ2v) is 5.59. The van der Waals surface area contributed by atoms with E-state index in [0.717, 1.165) is 19.3 Å². The highest BCUT2D eigenvalue weighted by Crippen LogP contribution is 2.30. The molecule has 0 fully saturated rings. The molecule has 1 aromatic heterocycles. The zero-order chi connectivity index (χ0) is 14.8. The minimum atomic E-state index is -0.283. The molecule has 5 heteroatoms. The molecule has 0 radical (unpaired) electrons. The molecule has 0 spiro atoms. The van der Waals surface area contributed by atoms with Crippen molar-refractivity contribution < 1.29 is 4.79 Å². The quantitative estimate of drug-likeness (QED) is 0.895. The molecule has 1 aromatic carbocycles. The lowest BCUT2D eigenvalue weighted by molar-refractivity contribution is 0.0928. The number of benzene rings is 1. The third kappa shape index (κ3) is 2.85. The topological polar surface area (TPSA) is 68.0 Å². The van der Waals surface area contributed by atoms with Crippen LogP contribution in [0.25, 0.3) is 0 Å². The third-order valence-corrected chi connectivity index (χ3v) is 4.06.